The van der Waals surface area contributed by atoms with Gasteiger partial charge in [0.25, 0.3) is 0 Å². The summed E-state index contributed by atoms with van der Waals surface area (Å²) in [5.74, 6) is 5.53. The van der Waals surface area contributed by atoms with Gasteiger partial charge in [-0.1, -0.05) is 36.4 Å². The van der Waals surface area contributed by atoms with Crippen molar-refractivity contribution in [3.8, 4) is 0 Å². The lowest BCUT2D eigenvalue weighted by molar-refractivity contribution is 0.478. The highest BCUT2D eigenvalue weighted by Crippen LogP contribution is 2.08. The predicted octanol–water partition coefficient (Wildman–Crippen LogP) is 2.42. The zero-order valence-corrected chi connectivity index (χ0v) is 9.15. The zero-order chi connectivity index (χ0) is 10.9. The van der Waals surface area contributed by atoms with E-state index < -0.39 is 0 Å². The number of rotatable bonds is 7. The highest BCUT2D eigenvalue weighted by Gasteiger charge is 2.06. The van der Waals surface area contributed by atoms with Crippen LogP contribution in [-0.2, 0) is 6.42 Å². The Morgan fingerprint density at radius 1 is 1.33 bits per heavy atom. The molecule has 1 rings (SSSR count). The number of hydrogen-bond donors (Lipinski definition) is 2. The van der Waals surface area contributed by atoms with Gasteiger partial charge < -0.3 is 0 Å². The van der Waals surface area contributed by atoms with E-state index in [1.807, 2.05) is 12.1 Å². The van der Waals surface area contributed by atoms with E-state index in [-0.39, 0.29) is 0 Å². The molecule has 0 fully saturated rings. The lowest BCUT2D eigenvalue weighted by Gasteiger charge is -2.15. The average molecular weight is 204 g/mol. The van der Waals surface area contributed by atoms with Gasteiger partial charge >= 0.3 is 0 Å². The largest absolute Gasteiger partial charge is 0.271 e. The van der Waals surface area contributed by atoms with Crippen LogP contribution in [0, 0.1) is 0 Å². The molecule has 2 nitrogen and oxygen atoms in total. The molecule has 0 aromatic heterocycles. The van der Waals surface area contributed by atoms with E-state index in [2.05, 4.69) is 36.3 Å². The molecule has 1 atom stereocenters. The molecule has 0 heterocycles. The summed E-state index contributed by atoms with van der Waals surface area (Å²) in [5.41, 5.74) is 4.21. The second-order valence-corrected chi connectivity index (χ2v) is 3.77. The third kappa shape index (κ3) is 4.77. The molecule has 0 aliphatic rings. The summed E-state index contributed by atoms with van der Waals surface area (Å²) in [6, 6.07) is 10.8. The Morgan fingerprint density at radius 2 is 2.07 bits per heavy atom. The zero-order valence-electron chi connectivity index (χ0n) is 9.15. The van der Waals surface area contributed by atoms with Crippen molar-refractivity contribution in [2.24, 2.45) is 5.84 Å². The minimum Gasteiger partial charge on any atom is -0.271 e. The Hall–Kier alpha value is -1.12. The molecule has 82 valence electrons. The Labute approximate surface area is 92.2 Å². The molecular weight excluding hydrogens is 184 g/mol. The third-order valence-corrected chi connectivity index (χ3v) is 2.52. The average Bonchev–Trinajstić information content (AvgIpc) is 2.29. The maximum absolute atomic E-state index is 5.53. The first-order valence-corrected chi connectivity index (χ1v) is 5.47. The summed E-state index contributed by atoms with van der Waals surface area (Å²) in [6.45, 7) is 3.72. The molecule has 0 amide bonds. The van der Waals surface area contributed by atoms with Crippen LogP contribution in [0.5, 0.6) is 0 Å². The van der Waals surface area contributed by atoms with Gasteiger partial charge in [-0.2, -0.15) is 0 Å². The molecule has 3 N–H and O–H groups in total. The lowest BCUT2D eigenvalue weighted by Crippen LogP contribution is -2.36. The van der Waals surface area contributed by atoms with Gasteiger partial charge in [-0.25, -0.2) is 0 Å². The van der Waals surface area contributed by atoms with Gasteiger partial charge in [-0.05, 0) is 31.2 Å². The van der Waals surface area contributed by atoms with Crippen LogP contribution < -0.4 is 11.3 Å². The van der Waals surface area contributed by atoms with Crippen molar-refractivity contribution in [2.45, 2.75) is 31.7 Å². The molecule has 2 heteroatoms. The summed E-state index contributed by atoms with van der Waals surface area (Å²) in [7, 11) is 0. The Morgan fingerprint density at radius 3 is 2.67 bits per heavy atom. The standard InChI is InChI=1S/C13H20N2/c1-2-3-5-10-13(15-14)11-12-8-6-4-7-9-12/h2,4,6-9,13,15H,1,3,5,10-11,14H2. The van der Waals surface area contributed by atoms with Gasteiger partial charge in [0.05, 0.1) is 0 Å². The van der Waals surface area contributed by atoms with Crippen LogP contribution in [0.1, 0.15) is 24.8 Å². The van der Waals surface area contributed by atoms with E-state index in [0.717, 1.165) is 25.7 Å². The van der Waals surface area contributed by atoms with Gasteiger partial charge in [0.15, 0.2) is 0 Å². The molecule has 0 saturated carbocycles. The van der Waals surface area contributed by atoms with Crippen molar-refractivity contribution in [1.29, 1.82) is 0 Å². The van der Waals surface area contributed by atoms with Gasteiger partial charge in [0.1, 0.15) is 0 Å². The first kappa shape index (κ1) is 12.0. The van der Waals surface area contributed by atoms with Crippen molar-refractivity contribution < 1.29 is 0 Å². The van der Waals surface area contributed by atoms with Gasteiger partial charge in [-0.15, -0.1) is 6.58 Å². The normalized spacial score (nSPS) is 12.3. The number of hydrazine groups is 1. The van der Waals surface area contributed by atoms with Crippen LogP contribution in [-0.4, -0.2) is 6.04 Å². The highest BCUT2D eigenvalue weighted by atomic mass is 15.2. The minimum absolute atomic E-state index is 0.368. The number of allylic oxidation sites excluding steroid dienone is 1. The van der Waals surface area contributed by atoms with E-state index in [4.69, 9.17) is 5.84 Å². The fourth-order valence-electron chi connectivity index (χ4n) is 1.65. The summed E-state index contributed by atoms with van der Waals surface area (Å²) in [6.07, 6.45) is 6.25. The fourth-order valence-corrected chi connectivity index (χ4v) is 1.65. The molecule has 0 radical (unpaired) electrons. The van der Waals surface area contributed by atoms with Crippen molar-refractivity contribution in [2.75, 3.05) is 0 Å². The van der Waals surface area contributed by atoms with Crippen LogP contribution in [0.25, 0.3) is 0 Å². The van der Waals surface area contributed by atoms with E-state index in [1.54, 1.807) is 0 Å². The van der Waals surface area contributed by atoms with Crippen molar-refractivity contribution in [1.82, 2.24) is 5.43 Å². The predicted molar refractivity (Wildman–Crippen MR) is 65.3 cm³/mol. The van der Waals surface area contributed by atoms with Crippen molar-refractivity contribution in [3.63, 3.8) is 0 Å². The van der Waals surface area contributed by atoms with Gasteiger partial charge in [-0.3, -0.25) is 11.3 Å². The Balaban J connectivity index is 2.36. The molecule has 0 aliphatic carbocycles. The molecule has 15 heavy (non-hydrogen) atoms. The van der Waals surface area contributed by atoms with Crippen molar-refractivity contribution in [3.05, 3.63) is 48.6 Å². The second-order valence-electron chi connectivity index (χ2n) is 3.77. The van der Waals surface area contributed by atoms with E-state index >= 15 is 0 Å². The smallest absolute Gasteiger partial charge is 0.0251 e. The maximum Gasteiger partial charge on any atom is 0.0251 e. The number of nitrogens with two attached hydrogens (primary N) is 1. The quantitative estimate of drug-likeness (QED) is 0.310. The van der Waals surface area contributed by atoms with Crippen LogP contribution >= 0.6 is 0 Å². The lowest BCUT2D eigenvalue weighted by atomic mass is 10.0. The van der Waals surface area contributed by atoms with E-state index in [9.17, 15) is 0 Å². The molecule has 0 spiro atoms. The summed E-state index contributed by atoms with van der Waals surface area (Å²) >= 11 is 0. The number of benzene rings is 1. The molecule has 1 aromatic carbocycles. The monoisotopic (exact) mass is 204 g/mol. The summed E-state index contributed by atoms with van der Waals surface area (Å²) in [4.78, 5) is 0. The molecule has 0 aliphatic heterocycles. The first-order valence-electron chi connectivity index (χ1n) is 5.47. The highest BCUT2D eigenvalue weighted by molar-refractivity contribution is 5.15. The Kier molecular flexibility index (Phi) is 5.74. The SMILES string of the molecule is C=CCCCC(Cc1ccccc1)NN. The minimum atomic E-state index is 0.368. The van der Waals surface area contributed by atoms with Crippen LogP contribution in [0.4, 0.5) is 0 Å². The van der Waals surface area contributed by atoms with Gasteiger partial charge in [0.2, 0.25) is 0 Å². The molecule has 0 bridgehead atoms. The van der Waals surface area contributed by atoms with Crippen LogP contribution in [0.3, 0.4) is 0 Å². The third-order valence-electron chi connectivity index (χ3n) is 2.52. The van der Waals surface area contributed by atoms with Gasteiger partial charge in [0, 0.05) is 6.04 Å². The van der Waals surface area contributed by atoms with E-state index in [0.29, 0.717) is 6.04 Å². The molecule has 1 unspecified atom stereocenters. The first-order chi connectivity index (χ1) is 7.36. The number of unbranched alkanes of at least 4 members (excludes halogenated alkanes) is 1. The summed E-state index contributed by atoms with van der Waals surface area (Å²) in [5, 5.41) is 0. The van der Waals surface area contributed by atoms with Crippen LogP contribution in [0.15, 0.2) is 43.0 Å². The van der Waals surface area contributed by atoms with Crippen LogP contribution in [0.2, 0.25) is 0 Å². The maximum atomic E-state index is 5.53. The fraction of sp³-hybridized carbons (Fsp3) is 0.385. The number of nitrogens with one attached hydrogen (secondary N) is 1. The molecule has 1 aromatic rings. The number of hydrogen-bond acceptors (Lipinski definition) is 2. The topological polar surface area (TPSA) is 38.0 Å². The molecule has 0 saturated heterocycles. The Bertz CT molecular complexity index is 269. The van der Waals surface area contributed by atoms with E-state index in [1.165, 1.54) is 5.56 Å². The van der Waals surface area contributed by atoms with Crippen molar-refractivity contribution >= 4 is 0 Å². The summed E-state index contributed by atoms with van der Waals surface area (Å²) < 4.78 is 0. The second kappa shape index (κ2) is 7.21. The molecular formula is C13H20N2.